The normalized spacial score (nSPS) is 18.4. The Balaban J connectivity index is 1.72. The molecule has 1 saturated carbocycles. The minimum absolute atomic E-state index is 0.185. The molecular weight excluding hydrogens is 406 g/mol. The highest BCUT2D eigenvalue weighted by atomic mass is 16.5. The lowest BCUT2D eigenvalue weighted by Gasteiger charge is -2.27. The van der Waals surface area contributed by atoms with E-state index >= 15 is 0 Å². The molecule has 1 atom stereocenters. The van der Waals surface area contributed by atoms with Gasteiger partial charge in [-0.2, -0.15) is 10.4 Å². The van der Waals surface area contributed by atoms with Crippen molar-refractivity contribution < 1.29 is 14.3 Å². The van der Waals surface area contributed by atoms with Crippen LogP contribution in [0, 0.1) is 24.2 Å². The summed E-state index contributed by atoms with van der Waals surface area (Å²) in [6.45, 7) is 4.08. The van der Waals surface area contributed by atoms with Crippen molar-refractivity contribution in [3.8, 4) is 11.9 Å². The smallest absolute Gasteiger partial charge is 0.343 e. The molecule has 2 aromatic rings. The Labute approximate surface area is 187 Å². The van der Waals surface area contributed by atoms with Gasteiger partial charge in [0.2, 0.25) is 5.88 Å². The van der Waals surface area contributed by atoms with Gasteiger partial charge in [0.25, 0.3) is 0 Å². The number of hydrogen-bond donors (Lipinski definition) is 0. The highest BCUT2D eigenvalue weighted by molar-refractivity contribution is 6.02. The number of aromatic nitrogens is 2. The van der Waals surface area contributed by atoms with Gasteiger partial charge in [0.05, 0.1) is 42.4 Å². The van der Waals surface area contributed by atoms with Crippen molar-refractivity contribution in [2.75, 3.05) is 18.7 Å². The molecule has 4 rings (SSSR count). The minimum atomic E-state index is -0.483. The zero-order chi connectivity index (χ0) is 22.7. The van der Waals surface area contributed by atoms with E-state index in [1.807, 2.05) is 24.9 Å². The Morgan fingerprint density at radius 2 is 2.00 bits per heavy atom. The van der Waals surface area contributed by atoms with Crippen LogP contribution in [0.1, 0.15) is 66.3 Å². The Morgan fingerprint density at radius 1 is 1.22 bits per heavy atom. The van der Waals surface area contributed by atoms with Gasteiger partial charge in [0.15, 0.2) is 0 Å². The average molecular weight is 434 g/mol. The SMILES string of the molecule is CCOc1nc(C2=NN(c3ccc(C#N)c(C)n3)[C@@H](C3CCCC3)C2)ccc1C(=O)OC. The van der Waals surface area contributed by atoms with Gasteiger partial charge in [-0.25, -0.2) is 19.8 Å². The largest absolute Gasteiger partial charge is 0.477 e. The van der Waals surface area contributed by atoms with Gasteiger partial charge >= 0.3 is 5.97 Å². The van der Waals surface area contributed by atoms with E-state index in [1.54, 1.807) is 18.2 Å². The Bertz CT molecular complexity index is 1090. The first-order chi connectivity index (χ1) is 15.5. The van der Waals surface area contributed by atoms with Crippen molar-refractivity contribution in [3.63, 3.8) is 0 Å². The van der Waals surface area contributed by atoms with Crippen LogP contribution in [-0.4, -0.2) is 41.4 Å². The number of anilines is 1. The number of carbonyl (C=O) groups excluding carboxylic acids is 1. The van der Waals surface area contributed by atoms with Crippen molar-refractivity contribution in [1.82, 2.24) is 9.97 Å². The predicted molar refractivity (Wildman–Crippen MR) is 120 cm³/mol. The van der Waals surface area contributed by atoms with Gasteiger partial charge in [0.1, 0.15) is 17.5 Å². The summed E-state index contributed by atoms with van der Waals surface area (Å²) in [6, 6.07) is 9.49. The molecule has 3 heterocycles. The maximum atomic E-state index is 12.1. The van der Waals surface area contributed by atoms with Crippen LogP contribution in [0.4, 0.5) is 5.82 Å². The van der Waals surface area contributed by atoms with E-state index in [2.05, 4.69) is 16.0 Å². The van der Waals surface area contributed by atoms with Crippen molar-refractivity contribution in [1.29, 1.82) is 5.26 Å². The zero-order valence-corrected chi connectivity index (χ0v) is 18.7. The lowest BCUT2D eigenvalue weighted by Crippen LogP contribution is -2.33. The number of methoxy groups -OCH3 is 1. The summed E-state index contributed by atoms with van der Waals surface area (Å²) in [5.41, 5.74) is 3.07. The molecule has 2 aliphatic rings. The maximum absolute atomic E-state index is 12.1. The fraction of sp³-hybridized carbons (Fsp3) is 0.458. The quantitative estimate of drug-likeness (QED) is 0.634. The standard InChI is InChI=1S/C24H27N5O3/c1-4-32-23-18(24(30)31-3)10-11-19(27-23)20-13-21(16-7-5-6-8-16)29(28-20)22-12-9-17(14-25)15(2)26-22/h9-12,16,21H,4-8,13H2,1-3H3/t21-/m1/s1. The number of rotatable bonds is 6. The molecule has 1 aliphatic heterocycles. The lowest BCUT2D eigenvalue weighted by molar-refractivity contribution is 0.0595. The van der Waals surface area contributed by atoms with Crippen LogP contribution < -0.4 is 9.75 Å². The summed E-state index contributed by atoms with van der Waals surface area (Å²) < 4.78 is 10.5. The molecule has 1 fully saturated rings. The molecule has 8 heteroatoms. The average Bonchev–Trinajstić information content (AvgIpc) is 3.49. The second-order valence-electron chi connectivity index (χ2n) is 8.10. The van der Waals surface area contributed by atoms with Gasteiger partial charge in [0, 0.05) is 6.42 Å². The van der Waals surface area contributed by atoms with E-state index in [0.29, 0.717) is 35.0 Å². The van der Waals surface area contributed by atoms with Crippen molar-refractivity contribution in [2.24, 2.45) is 11.0 Å². The number of nitriles is 1. The fourth-order valence-corrected chi connectivity index (χ4v) is 4.52. The summed E-state index contributed by atoms with van der Waals surface area (Å²) in [6.07, 6.45) is 5.52. The number of hydrogen-bond acceptors (Lipinski definition) is 8. The molecule has 0 radical (unpaired) electrons. The first kappa shape index (κ1) is 21.8. The van der Waals surface area contributed by atoms with Crippen LogP contribution in [0.25, 0.3) is 0 Å². The van der Waals surface area contributed by atoms with Gasteiger partial charge in [-0.3, -0.25) is 0 Å². The number of esters is 1. The van der Waals surface area contributed by atoms with Crippen LogP contribution in [0.2, 0.25) is 0 Å². The molecule has 0 bridgehead atoms. The Morgan fingerprint density at radius 3 is 2.66 bits per heavy atom. The van der Waals surface area contributed by atoms with Crippen LogP contribution in [0.3, 0.4) is 0 Å². The summed E-state index contributed by atoms with van der Waals surface area (Å²) in [5, 5.41) is 16.2. The van der Waals surface area contributed by atoms with E-state index in [1.165, 1.54) is 20.0 Å². The summed E-state index contributed by atoms with van der Waals surface area (Å²) in [7, 11) is 1.34. The van der Waals surface area contributed by atoms with Crippen molar-refractivity contribution in [2.45, 2.75) is 52.0 Å². The molecule has 2 aromatic heterocycles. The van der Waals surface area contributed by atoms with Crippen molar-refractivity contribution in [3.05, 3.63) is 46.8 Å². The molecule has 32 heavy (non-hydrogen) atoms. The zero-order valence-electron chi connectivity index (χ0n) is 18.7. The van der Waals surface area contributed by atoms with E-state index in [4.69, 9.17) is 14.6 Å². The third-order valence-electron chi connectivity index (χ3n) is 6.16. The van der Waals surface area contributed by atoms with Gasteiger partial charge in [-0.15, -0.1) is 0 Å². The van der Waals surface area contributed by atoms with Gasteiger partial charge < -0.3 is 9.47 Å². The van der Waals surface area contributed by atoms with E-state index in [-0.39, 0.29) is 11.9 Å². The number of hydrazone groups is 1. The summed E-state index contributed by atoms with van der Waals surface area (Å²) in [5.74, 6) is 1.03. The van der Waals surface area contributed by atoms with E-state index in [0.717, 1.165) is 30.8 Å². The molecule has 0 aromatic carbocycles. The third kappa shape index (κ3) is 4.15. The molecule has 0 N–H and O–H groups in total. The molecule has 1 aliphatic carbocycles. The number of pyridine rings is 2. The molecule has 0 saturated heterocycles. The first-order valence-electron chi connectivity index (χ1n) is 11.0. The number of ether oxygens (including phenoxy) is 2. The van der Waals surface area contributed by atoms with Crippen LogP contribution in [-0.2, 0) is 4.74 Å². The monoisotopic (exact) mass is 433 g/mol. The number of nitrogens with zero attached hydrogens (tertiary/aromatic N) is 5. The Hall–Kier alpha value is -3.47. The van der Waals surface area contributed by atoms with Crippen LogP contribution in [0.5, 0.6) is 5.88 Å². The lowest BCUT2D eigenvalue weighted by atomic mass is 9.93. The van der Waals surface area contributed by atoms with Crippen molar-refractivity contribution >= 4 is 17.5 Å². The van der Waals surface area contributed by atoms with Crippen LogP contribution in [0.15, 0.2) is 29.4 Å². The van der Waals surface area contributed by atoms with E-state index < -0.39 is 5.97 Å². The van der Waals surface area contributed by atoms with Gasteiger partial charge in [-0.1, -0.05) is 12.8 Å². The minimum Gasteiger partial charge on any atom is -0.477 e. The first-order valence-corrected chi connectivity index (χ1v) is 11.0. The molecule has 0 amide bonds. The third-order valence-corrected chi connectivity index (χ3v) is 6.16. The second kappa shape index (κ2) is 9.35. The molecule has 0 unspecified atom stereocenters. The van der Waals surface area contributed by atoms with Crippen LogP contribution >= 0.6 is 0 Å². The molecule has 0 spiro atoms. The summed E-state index contributed by atoms with van der Waals surface area (Å²) in [4.78, 5) is 21.3. The highest BCUT2D eigenvalue weighted by Gasteiger charge is 2.37. The number of aryl methyl sites for hydroxylation is 1. The topological polar surface area (TPSA) is 101 Å². The molecule has 166 valence electrons. The molecule has 8 nitrogen and oxygen atoms in total. The maximum Gasteiger partial charge on any atom is 0.343 e. The highest BCUT2D eigenvalue weighted by Crippen LogP contribution is 2.38. The summed E-state index contributed by atoms with van der Waals surface area (Å²) >= 11 is 0. The molecular formula is C24H27N5O3. The Kier molecular flexibility index (Phi) is 6.35. The second-order valence-corrected chi connectivity index (χ2v) is 8.10. The fourth-order valence-electron chi connectivity index (χ4n) is 4.52. The van der Waals surface area contributed by atoms with E-state index in [9.17, 15) is 10.1 Å². The number of carbonyl (C=O) groups is 1. The van der Waals surface area contributed by atoms with Gasteiger partial charge in [-0.05, 0) is 56.9 Å². The predicted octanol–water partition coefficient (Wildman–Crippen LogP) is 4.02.